The van der Waals surface area contributed by atoms with Crippen molar-refractivity contribution in [1.82, 2.24) is 10.2 Å². The lowest BCUT2D eigenvalue weighted by Crippen LogP contribution is -2.53. The van der Waals surface area contributed by atoms with Crippen molar-refractivity contribution in [2.45, 2.75) is 39.7 Å². The lowest BCUT2D eigenvalue weighted by molar-refractivity contribution is 0.117. The molecule has 1 fully saturated rings. The van der Waals surface area contributed by atoms with Crippen molar-refractivity contribution < 1.29 is 4.74 Å². The molecule has 1 saturated heterocycles. The molecule has 1 heterocycles. The fraction of sp³-hybridized carbons (Fsp3) is 1.00. The highest BCUT2D eigenvalue weighted by molar-refractivity contribution is 4.81. The van der Waals surface area contributed by atoms with E-state index in [0.717, 1.165) is 25.7 Å². The van der Waals surface area contributed by atoms with Gasteiger partial charge < -0.3 is 15.0 Å². The van der Waals surface area contributed by atoms with Crippen LogP contribution < -0.4 is 5.32 Å². The molecule has 3 nitrogen and oxygen atoms in total. The SMILES string of the molecule is CCOCCCN1CCNC(C(C)CC)C1. The van der Waals surface area contributed by atoms with Crippen molar-refractivity contribution in [2.24, 2.45) is 5.92 Å². The third kappa shape index (κ3) is 4.81. The van der Waals surface area contributed by atoms with E-state index < -0.39 is 0 Å². The van der Waals surface area contributed by atoms with Gasteiger partial charge in [0.05, 0.1) is 0 Å². The van der Waals surface area contributed by atoms with Crippen LogP contribution in [0.1, 0.15) is 33.6 Å². The zero-order valence-electron chi connectivity index (χ0n) is 11.2. The summed E-state index contributed by atoms with van der Waals surface area (Å²) in [6.07, 6.45) is 2.44. The summed E-state index contributed by atoms with van der Waals surface area (Å²) in [7, 11) is 0. The summed E-state index contributed by atoms with van der Waals surface area (Å²) in [5.41, 5.74) is 0. The van der Waals surface area contributed by atoms with Gasteiger partial charge in [0, 0.05) is 45.4 Å². The van der Waals surface area contributed by atoms with Gasteiger partial charge in [0.25, 0.3) is 0 Å². The quantitative estimate of drug-likeness (QED) is 0.672. The molecule has 0 aromatic heterocycles. The Morgan fingerprint density at radius 3 is 2.94 bits per heavy atom. The van der Waals surface area contributed by atoms with Crippen LogP contribution in [0.5, 0.6) is 0 Å². The Kier molecular flexibility index (Phi) is 7.01. The van der Waals surface area contributed by atoms with Crippen LogP contribution in [-0.2, 0) is 4.74 Å². The highest BCUT2D eigenvalue weighted by Crippen LogP contribution is 2.12. The van der Waals surface area contributed by atoms with E-state index in [1.807, 2.05) is 0 Å². The molecule has 2 atom stereocenters. The maximum absolute atomic E-state index is 5.38. The van der Waals surface area contributed by atoms with E-state index in [2.05, 4.69) is 31.0 Å². The summed E-state index contributed by atoms with van der Waals surface area (Å²) in [5, 5.41) is 3.63. The molecule has 0 bridgehead atoms. The van der Waals surface area contributed by atoms with Gasteiger partial charge in [0.15, 0.2) is 0 Å². The van der Waals surface area contributed by atoms with Gasteiger partial charge in [-0.3, -0.25) is 0 Å². The molecule has 16 heavy (non-hydrogen) atoms. The molecule has 0 aromatic carbocycles. The number of hydrogen-bond acceptors (Lipinski definition) is 3. The Balaban J connectivity index is 2.17. The number of piperazine rings is 1. The first-order chi connectivity index (χ1) is 7.77. The lowest BCUT2D eigenvalue weighted by Gasteiger charge is -2.36. The Bertz CT molecular complexity index is 175. The highest BCUT2D eigenvalue weighted by Gasteiger charge is 2.22. The lowest BCUT2D eigenvalue weighted by atomic mass is 9.97. The molecule has 1 N–H and O–H groups in total. The third-order valence-corrected chi connectivity index (χ3v) is 3.59. The smallest absolute Gasteiger partial charge is 0.0478 e. The third-order valence-electron chi connectivity index (χ3n) is 3.59. The summed E-state index contributed by atoms with van der Waals surface area (Å²) in [5.74, 6) is 0.787. The first-order valence-electron chi connectivity index (χ1n) is 6.81. The predicted molar refractivity (Wildman–Crippen MR) is 68.8 cm³/mol. The second kappa shape index (κ2) is 8.04. The molecular formula is C13H28N2O. The van der Waals surface area contributed by atoms with Crippen molar-refractivity contribution >= 4 is 0 Å². The predicted octanol–water partition coefficient (Wildman–Crippen LogP) is 1.73. The van der Waals surface area contributed by atoms with Gasteiger partial charge in [-0.05, 0) is 19.3 Å². The van der Waals surface area contributed by atoms with E-state index in [-0.39, 0.29) is 0 Å². The molecule has 0 spiro atoms. The Morgan fingerprint density at radius 2 is 2.25 bits per heavy atom. The number of hydrogen-bond donors (Lipinski definition) is 1. The molecular weight excluding hydrogens is 200 g/mol. The van der Waals surface area contributed by atoms with E-state index in [1.165, 1.54) is 32.5 Å². The summed E-state index contributed by atoms with van der Waals surface area (Å²) in [6.45, 7) is 13.2. The van der Waals surface area contributed by atoms with Crippen molar-refractivity contribution in [3.8, 4) is 0 Å². The van der Waals surface area contributed by atoms with Crippen LogP contribution in [0, 0.1) is 5.92 Å². The fourth-order valence-electron chi connectivity index (χ4n) is 2.25. The first-order valence-corrected chi connectivity index (χ1v) is 6.81. The molecule has 0 amide bonds. The standard InChI is InChI=1S/C13H28N2O/c1-4-12(3)13-11-15(9-7-14-13)8-6-10-16-5-2/h12-14H,4-11H2,1-3H3. The van der Waals surface area contributed by atoms with Gasteiger partial charge in [0.1, 0.15) is 0 Å². The minimum atomic E-state index is 0.686. The van der Waals surface area contributed by atoms with E-state index in [4.69, 9.17) is 4.74 Å². The molecule has 0 aliphatic carbocycles. The first kappa shape index (κ1) is 13.9. The van der Waals surface area contributed by atoms with Gasteiger partial charge in [-0.1, -0.05) is 20.3 Å². The summed E-state index contributed by atoms with van der Waals surface area (Å²) >= 11 is 0. The molecule has 3 heteroatoms. The van der Waals surface area contributed by atoms with Crippen molar-refractivity contribution in [1.29, 1.82) is 0 Å². The molecule has 1 aliphatic heterocycles. The zero-order chi connectivity index (χ0) is 11.8. The van der Waals surface area contributed by atoms with Crippen molar-refractivity contribution in [2.75, 3.05) is 39.4 Å². The van der Waals surface area contributed by atoms with Crippen molar-refractivity contribution in [3.05, 3.63) is 0 Å². The van der Waals surface area contributed by atoms with Crippen LogP contribution in [0.4, 0.5) is 0 Å². The number of nitrogens with zero attached hydrogens (tertiary/aromatic N) is 1. The maximum Gasteiger partial charge on any atom is 0.0478 e. The molecule has 1 rings (SSSR count). The normalized spacial score (nSPS) is 24.6. The molecule has 1 aliphatic rings. The monoisotopic (exact) mass is 228 g/mol. The van der Waals surface area contributed by atoms with Crippen LogP contribution in [0.25, 0.3) is 0 Å². The molecule has 0 radical (unpaired) electrons. The van der Waals surface area contributed by atoms with E-state index in [0.29, 0.717) is 6.04 Å². The van der Waals surface area contributed by atoms with Crippen LogP contribution >= 0.6 is 0 Å². The second-order valence-corrected chi connectivity index (χ2v) is 4.80. The molecule has 96 valence electrons. The van der Waals surface area contributed by atoms with E-state index in [9.17, 15) is 0 Å². The van der Waals surface area contributed by atoms with Gasteiger partial charge >= 0.3 is 0 Å². The van der Waals surface area contributed by atoms with Gasteiger partial charge in [-0.25, -0.2) is 0 Å². The second-order valence-electron chi connectivity index (χ2n) is 4.80. The maximum atomic E-state index is 5.38. The van der Waals surface area contributed by atoms with Gasteiger partial charge in [-0.2, -0.15) is 0 Å². The van der Waals surface area contributed by atoms with E-state index in [1.54, 1.807) is 0 Å². The molecule has 0 saturated carbocycles. The zero-order valence-corrected chi connectivity index (χ0v) is 11.2. The van der Waals surface area contributed by atoms with Crippen LogP contribution in [0.3, 0.4) is 0 Å². The van der Waals surface area contributed by atoms with Crippen molar-refractivity contribution in [3.63, 3.8) is 0 Å². The minimum absolute atomic E-state index is 0.686. The van der Waals surface area contributed by atoms with Gasteiger partial charge in [-0.15, -0.1) is 0 Å². The molecule has 2 unspecified atom stereocenters. The average Bonchev–Trinajstić information content (AvgIpc) is 2.34. The topological polar surface area (TPSA) is 24.5 Å². The summed E-state index contributed by atoms with van der Waals surface area (Å²) in [4.78, 5) is 2.58. The molecule has 0 aromatic rings. The Labute approximate surface area is 101 Å². The van der Waals surface area contributed by atoms with Gasteiger partial charge in [0.2, 0.25) is 0 Å². The Hall–Kier alpha value is -0.120. The fourth-order valence-corrected chi connectivity index (χ4v) is 2.25. The number of rotatable bonds is 7. The van der Waals surface area contributed by atoms with Crippen LogP contribution in [0.15, 0.2) is 0 Å². The van der Waals surface area contributed by atoms with E-state index >= 15 is 0 Å². The summed E-state index contributed by atoms with van der Waals surface area (Å²) < 4.78 is 5.38. The number of ether oxygens (including phenoxy) is 1. The number of nitrogens with one attached hydrogen (secondary N) is 1. The van der Waals surface area contributed by atoms with Crippen LogP contribution in [0.2, 0.25) is 0 Å². The largest absolute Gasteiger partial charge is 0.382 e. The highest BCUT2D eigenvalue weighted by atomic mass is 16.5. The van der Waals surface area contributed by atoms with Crippen LogP contribution in [-0.4, -0.2) is 50.3 Å². The summed E-state index contributed by atoms with van der Waals surface area (Å²) in [6, 6.07) is 0.686. The average molecular weight is 228 g/mol. The Morgan fingerprint density at radius 1 is 1.44 bits per heavy atom. The minimum Gasteiger partial charge on any atom is -0.382 e.